The summed E-state index contributed by atoms with van der Waals surface area (Å²) in [6, 6.07) is 14.3. The molecule has 2 aromatic carbocycles. The molecule has 1 saturated heterocycles. The molecular weight excluding hydrogens is 248 g/mol. The molecular formula is C17H20N2O. The van der Waals surface area contributed by atoms with Crippen LogP contribution in [-0.2, 0) is 4.79 Å². The first-order valence-corrected chi connectivity index (χ1v) is 7.24. The normalized spacial score (nSPS) is 22.1. The molecule has 3 nitrogen and oxygen atoms in total. The van der Waals surface area contributed by atoms with Crippen molar-refractivity contribution in [2.75, 3.05) is 18.4 Å². The van der Waals surface area contributed by atoms with Crippen molar-refractivity contribution >= 4 is 22.4 Å². The van der Waals surface area contributed by atoms with Crippen LogP contribution >= 0.6 is 0 Å². The Balaban J connectivity index is 1.83. The van der Waals surface area contributed by atoms with E-state index < -0.39 is 0 Å². The van der Waals surface area contributed by atoms with Crippen LogP contribution in [0.2, 0.25) is 0 Å². The van der Waals surface area contributed by atoms with Crippen LogP contribution in [0.25, 0.3) is 10.8 Å². The predicted molar refractivity (Wildman–Crippen MR) is 82.8 cm³/mol. The fraction of sp³-hybridized carbons (Fsp3) is 0.353. The van der Waals surface area contributed by atoms with Gasteiger partial charge in [-0.05, 0) is 42.3 Å². The van der Waals surface area contributed by atoms with Crippen LogP contribution in [0.15, 0.2) is 42.5 Å². The van der Waals surface area contributed by atoms with Gasteiger partial charge in [0.15, 0.2) is 0 Å². The summed E-state index contributed by atoms with van der Waals surface area (Å²) in [7, 11) is 0. The lowest BCUT2D eigenvalue weighted by Crippen LogP contribution is -2.37. The van der Waals surface area contributed by atoms with Gasteiger partial charge < -0.3 is 10.6 Å². The highest BCUT2D eigenvalue weighted by Gasteiger charge is 2.39. The highest BCUT2D eigenvalue weighted by molar-refractivity contribution is 5.98. The first kappa shape index (κ1) is 13.1. The fourth-order valence-corrected chi connectivity index (χ4v) is 2.93. The molecule has 104 valence electrons. The van der Waals surface area contributed by atoms with Gasteiger partial charge >= 0.3 is 0 Å². The van der Waals surface area contributed by atoms with Crippen molar-refractivity contribution in [2.45, 2.75) is 19.8 Å². The van der Waals surface area contributed by atoms with E-state index in [2.05, 4.69) is 35.8 Å². The van der Waals surface area contributed by atoms with Crippen molar-refractivity contribution in [2.24, 2.45) is 5.41 Å². The number of amides is 1. The quantitative estimate of drug-likeness (QED) is 0.897. The van der Waals surface area contributed by atoms with Gasteiger partial charge in [0, 0.05) is 12.2 Å². The highest BCUT2D eigenvalue weighted by Crippen LogP contribution is 2.31. The highest BCUT2D eigenvalue weighted by atomic mass is 16.2. The Labute approximate surface area is 119 Å². The van der Waals surface area contributed by atoms with Gasteiger partial charge in [-0.3, -0.25) is 4.79 Å². The number of rotatable bonds is 3. The molecule has 1 unspecified atom stereocenters. The zero-order valence-electron chi connectivity index (χ0n) is 11.8. The lowest BCUT2D eigenvalue weighted by Gasteiger charge is -2.25. The second-order valence-electron chi connectivity index (χ2n) is 5.58. The maximum Gasteiger partial charge on any atom is 0.231 e. The lowest BCUT2D eigenvalue weighted by atomic mass is 9.83. The fourth-order valence-electron chi connectivity index (χ4n) is 2.93. The third-order valence-corrected chi connectivity index (χ3v) is 4.41. The second-order valence-corrected chi connectivity index (χ2v) is 5.58. The predicted octanol–water partition coefficient (Wildman–Crippen LogP) is 3.17. The van der Waals surface area contributed by atoms with E-state index in [1.165, 1.54) is 5.39 Å². The third kappa shape index (κ3) is 2.29. The average molecular weight is 268 g/mol. The number of benzene rings is 2. The number of hydrogen-bond donors (Lipinski definition) is 2. The maximum atomic E-state index is 12.6. The molecule has 3 rings (SSSR count). The number of nitrogens with one attached hydrogen (secondary N) is 2. The van der Waals surface area contributed by atoms with E-state index in [0.29, 0.717) is 0 Å². The van der Waals surface area contributed by atoms with E-state index >= 15 is 0 Å². The van der Waals surface area contributed by atoms with Crippen LogP contribution in [0.1, 0.15) is 19.8 Å². The van der Waals surface area contributed by atoms with Crippen molar-refractivity contribution in [3.05, 3.63) is 42.5 Å². The number of carbonyl (C=O) groups excluding carboxylic acids is 1. The number of hydrogen-bond acceptors (Lipinski definition) is 2. The Morgan fingerprint density at radius 1 is 1.25 bits per heavy atom. The topological polar surface area (TPSA) is 41.1 Å². The first-order chi connectivity index (χ1) is 9.73. The molecule has 20 heavy (non-hydrogen) atoms. The second kappa shape index (κ2) is 5.25. The zero-order valence-corrected chi connectivity index (χ0v) is 11.8. The monoisotopic (exact) mass is 268 g/mol. The van der Waals surface area contributed by atoms with Crippen LogP contribution in [0, 0.1) is 5.41 Å². The summed E-state index contributed by atoms with van der Waals surface area (Å²) in [5.41, 5.74) is 0.638. The molecule has 0 bridgehead atoms. The number of fused-ring (bicyclic) bond motifs is 1. The molecule has 0 radical (unpaired) electrons. The smallest absolute Gasteiger partial charge is 0.231 e. The molecule has 1 atom stereocenters. The van der Waals surface area contributed by atoms with E-state index in [0.717, 1.165) is 37.0 Å². The van der Waals surface area contributed by atoms with E-state index in [1.54, 1.807) is 0 Å². The summed E-state index contributed by atoms with van der Waals surface area (Å²) in [6.45, 7) is 3.80. The van der Waals surface area contributed by atoms with Gasteiger partial charge in [0.2, 0.25) is 5.91 Å². The standard InChI is InChI=1S/C17H20N2O/c1-2-17(9-10-18-12-17)16(20)19-15-8-7-13-5-3-4-6-14(13)11-15/h3-8,11,18H,2,9-10,12H2,1H3,(H,19,20). The van der Waals surface area contributed by atoms with Gasteiger partial charge in [-0.15, -0.1) is 0 Å². The van der Waals surface area contributed by atoms with Gasteiger partial charge in [0.1, 0.15) is 0 Å². The van der Waals surface area contributed by atoms with Gasteiger partial charge in [0.05, 0.1) is 5.41 Å². The molecule has 0 aromatic heterocycles. The number of anilines is 1. The number of carbonyl (C=O) groups is 1. The Morgan fingerprint density at radius 2 is 2.05 bits per heavy atom. The van der Waals surface area contributed by atoms with Crippen molar-refractivity contribution in [3.8, 4) is 0 Å². The Kier molecular flexibility index (Phi) is 3.45. The van der Waals surface area contributed by atoms with Gasteiger partial charge in [-0.25, -0.2) is 0 Å². The van der Waals surface area contributed by atoms with E-state index in [4.69, 9.17) is 0 Å². The SMILES string of the molecule is CCC1(C(=O)Nc2ccc3ccccc3c2)CCNC1. The summed E-state index contributed by atoms with van der Waals surface area (Å²) in [5.74, 6) is 0.139. The molecule has 1 heterocycles. The minimum Gasteiger partial charge on any atom is -0.326 e. The van der Waals surface area contributed by atoms with E-state index in [9.17, 15) is 4.79 Å². The molecule has 1 aliphatic heterocycles. The molecule has 2 N–H and O–H groups in total. The first-order valence-electron chi connectivity index (χ1n) is 7.24. The Morgan fingerprint density at radius 3 is 2.75 bits per heavy atom. The summed E-state index contributed by atoms with van der Waals surface area (Å²) >= 11 is 0. The molecule has 0 aliphatic carbocycles. The van der Waals surface area contributed by atoms with Crippen molar-refractivity contribution < 1.29 is 4.79 Å². The van der Waals surface area contributed by atoms with E-state index in [1.807, 2.05) is 24.3 Å². The van der Waals surface area contributed by atoms with Gasteiger partial charge in [-0.1, -0.05) is 37.3 Å². The zero-order chi connectivity index (χ0) is 14.0. The molecule has 2 aromatic rings. The van der Waals surface area contributed by atoms with Gasteiger partial charge in [-0.2, -0.15) is 0 Å². The van der Waals surface area contributed by atoms with Crippen LogP contribution in [0.4, 0.5) is 5.69 Å². The molecule has 0 saturated carbocycles. The van der Waals surface area contributed by atoms with Gasteiger partial charge in [0.25, 0.3) is 0 Å². The van der Waals surface area contributed by atoms with Crippen LogP contribution in [0.3, 0.4) is 0 Å². The average Bonchev–Trinajstić information content (AvgIpc) is 2.97. The van der Waals surface area contributed by atoms with E-state index in [-0.39, 0.29) is 11.3 Å². The van der Waals surface area contributed by atoms with Crippen LogP contribution in [-0.4, -0.2) is 19.0 Å². The maximum absolute atomic E-state index is 12.6. The summed E-state index contributed by atoms with van der Waals surface area (Å²) < 4.78 is 0. The molecule has 1 aliphatic rings. The molecule has 0 spiro atoms. The third-order valence-electron chi connectivity index (χ3n) is 4.41. The summed E-state index contributed by atoms with van der Waals surface area (Å²) in [6.07, 6.45) is 1.79. The minimum atomic E-state index is -0.244. The largest absolute Gasteiger partial charge is 0.326 e. The molecule has 3 heteroatoms. The van der Waals surface area contributed by atoms with Crippen LogP contribution < -0.4 is 10.6 Å². The van der Waals surface area contributed by atoms with Crippen molar-refractivity contribution in [3.63, 3.8) is 0 Å². The summed E-state index contributed by atoms with van der Waals surface area (Å²) in [4.78, 5) is 12.6. The lowest BCUT2D eigenvalue weighted by molar-refractivity contribution is -0.124. The Hall–Kier alpha value is -1.87. The summed E-state index contributed by atoms with van der Waals surface area (Å²) in [5, 5.41) is 8.73. The van der Waals surface area contributed by atoms with Crippen molar-refractivity contribution in [1.29, 1.82) is 0 Å². The Bertz CT molecular complexity index is 630. The minimum absolute atomic E-state index is 0.139. The molecule has 1 fully saturated rings. The van der Waals surface area contributed by atoms with Crippen LogP contribution in [0.5, 0.6) is 0 Å². The van der Waals surface area contributed by atoms with Crippen molar-refractivity contribution in [1.82, 2.24) is 5.32 Å². The molecule has 1 amide bonds.